The molecule has 0 aliphatic heterocycles. The van der Waals surface area contributed by atoms with Crippen LogP contribution in [0.1, 0.15) is 5.56 Å². The first-order valence-corrected chi connectivity index (χ1v) is 8.02. The van der Waals surface area contributed by atoms with Gasteiger partial charge in [-0.1, -0.05) is 24.3 Å². The van der Waals surface area contributed by atoms with E-state index in [4.69, 9.17) is 5.26 Å². The van der Waals surface area contributed by atoms with Crippen LogP contribution in [0.2, 0.25) is 0 Å². The Hall–Kier alpha value is -3.98. The number of benzene rings is 2. The van der Waals surface area contributed by atoms with Crippen LogP contribution in [0, 0.1) is 11.3 Å². The van der Waals surface area contributed by atoms with Crippen molar-refractivity contribution in [2.45, 2.75) is 0 Å². The number of fused-ring (bicyclic) bond motifs is 1. The number of para-hydroxylation sites is 1. The summed E-state index contributed by atoms with van der Waals surface area (Å²) in [5.41, 5.74) is 3.13. The van der Waals surface area contributed by atoms with E-state index in [1.54, 1.807) is 30.6 Å². The Kier molecular flexibility index (Phi) is 4.11. The second kappa shape index (κ2) is 6.87. The van der Waals surface area contributed by atoms with Crippen LogP contribution in [0.3, 0.4) is 0 Å². The van der Waals surface area contributed by atoms with Gasteiger partial charge < -0.3 is 10.6 Å². The summed E-state index contributed by atoms with van der Waals surface area (Å²) in [7, 11) is 0. The molecule has 0 fully saturated rings. The summed E-state index contributed by atoms with van der Waals surface area (Å²) in [4.78, 5) is 13.1. The number of nitrogens with zero attached hydrogens (tertiary/aromatic N) is 4. The molecule has 2 aromatic heterocycles. The van der Waals surface area contributed by atoms with Crippen LogP contribution in [-0.4, -0.2) is 15.0 Å². The first kappa shape index (κ1) is 15.5. The van der Waals surface area contributed by atoms with Crippen LogP contribution in [-0.2, 0) is 0 Å². The number of nitriles is 1. The van der Waals surface area contributed by atoms with Gasteiger partial charge in [0.15, 0.2) is 0 Å². The molecule has 0 bridgehead atoms. The molecule has 2 heterocycles. The number of pyridine rings is 1. The second-order valence-electron chi connectivity index (χ2n) is 5.62. The Morgan fingerprint density at radius 2 is 1.77 bits per heavy atom. The molecule has 4 aromatic rings. The van der Waals surface area contributed by atoms with Crippen molar-refractivity contribution in [2.24, 2.45) is 0 Å². The number of nitrogens with one attached hydrogen (secondary N) is 2. The number of aromatic nitrogens is 3. The topological polar surface area (TPSA) is 86.5 Å². The molecule has 124 valence electrons. The van der Waals surface area contributed by atoms with Gasteiger partial charge in [0.25, 0.3) is 0 Å². The Morgan fingerprint density at radius 1 is 0.846 bits per heavy atom. The monoisotopic (exact) mass is 338 g/mol. The molecule has 0 radical (unpaired) electrons. The minimum absolute atomic E-state index is 0.443. The Bertz CT molecular complexity index is 1120. The van der Waals surface area contributed by atoms with E-state index < -0.39 is 0 Å². The van der Waals surface area contributed by atoms with Gasteiger partial charge in [0.2, 0.25) is 5.95 Å². The van der Waals surface area contributed by atoms with Crippen LogP contribution in [0.25, 0.3) is 10.9 Å². The predicted molar refractivity (Wildman–Crippen MR) is 101 cm³/mol. The number of rotatable bonds is 4. The van der Waals surface area contributed by atoms with E-state index in [9.17, 15) is 0 Å². The van der Waals surface area contributed by atoms with Crippen LogP contribution in [0.15, 0.2) is 73.1 Å². The summed E-state index contributed by atoms with van der Waals surface area (Å²) >= 11 is 0. The Morgan fingerprint density at radius 3 is 2.69 bits per heavy atom. The van der Waals surface area contributed by atoms with Crippen LogP contribution < -0.4 is 10.6 Å². The average Bonchev–Trinajstić information content (AvgIpc) is 2.68. The van der Waals surface area contributed by atoms with E-state index in [0.717, 1.165) is 22.3 Å². The Balaban J connectivity index is 1.55. The molecular weight excluding hydrogens is 324 g/mol. The van der Waals surface area contributed by atoms with Crippen molar-refractivity contribution in [1.29, 1.82) is 5.26 Å². The molecule has 0 amide bonds. The number of anilines is 4. The number of hydrogen-bond donors (Lipinski definition) is 2. The zero-order valence-electron chi connectivity index (χ0n) is 13.7. The lowest BCUT2D eigenvalue weighted by Crippen LogP contribution is -2.00. The molecule has 0 spiro atoms. The molecule has 6 heteroatoms. The molecule has 0 saturated carbocycles. The molecule has 0 aliphatic rings. The van der Waals surface area contributed by atoms with Crippen molar-refractivity contribution in [2.75, 3.05) is 10.6 Å². The fraction of sp³-hybridized carbons (Fsp3) is 0. The second-order valence-corrected chi connectivity index (χ2v) is 5.62. The lowest BCUT2D eigenvalue weighted by Gasteiger charge is -2.09. The summed E-state index contributed by atoms with van der Waals surface area (Å²) in [5.74, 6) is 1.09. The highest BCUT2D eigenvalue weighted by Gasteiger charge is 2.03. The maximum absolute atomic E-state index is 8.99. The summed E-state index contributed by atoms with van der Waals surface area (Å²) in [6.07, 6.45) is 3.44. The van der Waals surface area contributed by atoms with Gasteiger partial charge in [-0.05, 0) is 36.4 Å². The first-order chi connectivity index (χ1) is 12.8. The quantitative estimate of drug-likeness (QED) is 0.574. The van der Waals surface area contributed by atoms with Crippen LogP contribution >= 0.6 is 0 Å². The van der Waals surface area contributed by atoms with Gasteiger partial charge in [-0.15, -0.1) is 0 Å². The number of hydrogen-bond acceptors (Lipinski definition) is 6. The summed E-state index contributed by atoms with van der Waals surface area (Å²) in [6, 6.07) is 21.0. The lowest BCUT2D eigenvalue weighted by atomic mass is 10.2. The SMILES string of the molecule is N#Cc1cccc(Nc2nccc(Nc3cnc4ccccc4c3)n2)c1. The van der Waals surface area contributed by atoms with Crippen LogP contribution in [0.5, 0.6) is 0 Å². The van der Waals surface area contributed by atoms with Crippen molar-refractivity contribution in [3.8, 4) is 6.07 Å². The van der Waals surface area contributed by atoms with E-state index in [0.29, 0.717) is 17.3 Å². The maximum Gasteiger partial charge on any atom is 0.229 e. The van der Waals surface area contributed by atoms with Crippen LogP contribution in [0.4, 0.5) is 23.1 Å². The minimum Gasteiger partial charge on any atom is -0.339 e. The van der Waals surface area contributed by atoms with Crippen molar-refractivity contribution in [3.63, 3.8) is 0 Å². The fourth-order valence-corrected chi connectivity index (χ4v) is 2.57. The standard InChI is InChI=1S/C20H14N6/c21-12-14-4-3-6-16(10-14)25-20-22-9-8-19(26-20)24-17-11-15-5-1-2-7-18(15)23-13-17/h1-11,13H,(H2,22,24,25,26). The zero-order chi connectivity index (χ0) is 17.8. The summed E-state index contributed by atoms with van der Waals surface area (Å²) in [6.45, 7) is 0. The third-order valence-electron chi connectivity index (χ3n) is 3.77. The van der Waals surface area contributed by atoms with Crippen molar-refractivity contribution < 1.29 is 0 Å². The maximum atomic E-state index is 8.99. The van der Waals surface area contributed by atoms with Gasteiger partial charge in [0.1, 0.15) is 5.82 Å². The third kappa shape index (κ3) is 3.42. The van der Waals surface area contributed by atoms with Crippen molar-refractivity contribution in [1.82, 2.24) is 15.0 Å². The smallest absolute Gasteiger partial charge is 0.229 e. The highest BCUT2D eigenvalue weighted by atomic mass is 15.1. The van der Waals surface area contributed by atoms with Gasteiger partial charge in [-0.3, -0.25) is 4.98 Å². The molecule has 2 N–H and O–H groups in total. The summed E-state index contributed by atoms with van der Waals surface area (Å²) < 4.78 is 0. The van der Waals surface area contributed by atoms with Gasteiger partial charge in [0, 0.05) is 17.3 Å². The first-order valence-electron chi connectivity index (χ1n) is 8.02. The highest BCUT2D eigenvalue weighted by Crippen LogP contribution is 2.20. The Labute approximate surface area is 150 Å². The van der Waals surface area contributed by atoms with Crippen molar-refractivity contribution in [3.05, 3.63) is 78.6 Å². The molecule has 26 heavy (non-hydrogen) atoms. The highest BCUT2D eigenvalue weighted by molar-refractivity contribution is 5.82. The largest absolute Gasteiger partial charge is 0.339 e. The summed E-state index contributed by atoms with van der Waals surface area (Å²) in [5, 5.41) is 16.4. The molecule has 0 saturated heterocycles. The fourth-order valence-electron chi connectivity index (χ4n) is 2.57. The van der Waals surface area contributed by atoms with E-state index in [-0.39, 0.29) is 0 Å². The van der Waals surface area contributed by atoms with E-state index in [1.165, 1.54) is 0 Å². The van der Waals surface area contributed by atoms with Gasteiger partial charge in [-0.25, -0.2) is 4.98 Å². The molecule has 4 rings (SSSR count). The van der Waals surface area contributed by atoms with Gasteiger partial charge in [0.05, 0.1) is 29.0 Å². The minimum atomic E-state index is 0.443. The van der Waals surface area contributed by atoms with Crippen molar-refractivity contribution >= 4 is 34.0 Å². The van der Waals surface area contributed by atoms with E-state index in [1.807, 2.05) is 42.5 Å². The van der Waals surface area contributed by atoms with Gasteiger partial charge in [-0.2, -0.15) is 10.2 Å². The van der Waals surface area contributed by atoms with Gasteiger partial charge >= 0.3 is 0 Å². The molecule has 0 atom stereocenters. The molecule has 2 aromatic carbocycles. The molecular formula is C20H14N6. The zero-order valence-corrected chi connectivity index (χ0v) is 13.7. The lowest BCUT2D eigenvalue weighted by molar-refractivity contribution is 1.16. The van der Waals surface area contributed by atoms with E-state index in [2.05, 4.69) is 31.7 Å². The normalized spacial score (nSPS) is 10.3. The molecule has 0 aliphatic carbocycles. The third-order valence-corrected chi connectivity index (χ3v) is 3.77. The molecule has 0 unspecified atom stereocenters. The molecule has 6 nitrogen and oxygen atoms in total. The van der Waals surface area contributed by atoms with E-state index >= 15 is 0 Å². The predicted octanol–water partition coefficient (Wildman–Crippen LogP) is 4.38. The average molecular weight is 338 g/mol.